The zero-order chi connectivity index (χ0) is 23.3. The zero-order valence-corrected chi connectivity index (χ0v) is 19.2. The van der Waals surface area contributed by atoms with E-state index in [-0.39, 0.29) is 17.2 Å². The summed E-state index contributed by atoms with van der Waals surface area (Å²) in [6.07, 6.45) is 3.06. The van der Waals surface area contributed by atoms with E-state index in [1.165, 1.54) is 16.5 Å². The molecule has 1 aliphatic rings. The molecular weight excluding hydrogens is 424 g/mol. The van der Waals surface area contributed by atoms with Crippen LogP contribution in [0.15, 0.2) is 60.7 Å². The van der Waals surface area contributed by atoms with E-state index >= 15 is 0 Å². The van der Waals surface area contributed by atoms with Gasteiger partial charge >= 0.3 is 0 Å². The van der Waals surface area contributed by atoms with Gasteiger partial charge in [0.2, 0.25) is 0 Å². The maximum absolute atomic E-state index is 12.7. The fourth-order valence-corrected chi connectivity index (χ4v) is 3.46. The number of carbonyl (C=O) groups is 2. The van der Waals surface area contributed by atoms with Gasteiger partial charge in [-0.2, -0.15) is 0 Å². The summed E-state index contributed by atoms with van der Waals surface area (Å²) in [7, 11) is 1.56. The molecule has 2 aromatic carbocycles. The van der Waals surface area contributed by atoms with E-state index in [9.17, 15) is 9.59 Å². The van der Waals surface area contributed by atoms with Crippen molar-refractivity contribution < 1.29 is 19.1 Å². The lowest BCUT2D eigenvalue weighted by Gasteiger charge is -2.27. The van der Waals surface area contributed by atoms with Crippen LogP contribution in [-0.2, 0) is 16.2 Å². The van der Waals surface area contributed by atoms with Gasteiger partial charge < -0.3 is 9.47 Å². The molecule has 0 atom stereocenters. The monoisotopic (exact) mass is 450 g/mol. The molecule has 3 rings (SSSR count). The number of thiocarbonyl (C=S) groups is 1. The lowest BCUT2D eigenvalue weighted by atomic mass is 10.0. The molecule has 1 fully saturated rings. The van der Waals surface area contributed by atoms with E-state index in [2.05, 4.69) is 37.9 Å². The van der Waals surface area contributed by atoms with Crippen LogP contribution in [0.5, 0.6) is 11.5 Å². The van der Waals surface area contributed by atoms with Crippen LogP contribution in [0, 0.1) is 0 Å². The van der Waals surface area contributed by atoms with Gasteiger partial charge in [-0.3, -0.25) is 19.8 Å². The summed E-state index contributed by atoms with van der Waals surface area (Å²) in [5.41, 5.74) is 2.90. The summed E-state index contributed by atoms with van der Waals surface area (Å²) in [6.45, 7) is 8.49. The van der Waals surface area contributed by atoms with E-state index in [0.29, 0.717) is 29.6 Å². The topological polar surface area (TPSA) is 67.9 Å². The Morgan fingerprint density at radius 2 is 1.84 bits per heavy atom. The molecule has 1 N–H and O–H groups in total. The molecule has 0 bridgehead atoms. The van der Waals surface area contributed by atoms with Crippen LogP contribution in [0.3, 0.4) is 0 Å². The first-order valence-corrected chi connectivity index (χ1v) is 10.6. The Morgan fingerprint density at radius 3 is 2.47 bits per heavy atom. The highest BCUT2D eigenvalue weighted by Crippen LogP contribution is 2.30. The zero-order valence-electron chi connectivity index (χ0n) is 18.4. The molecule has 6 nitrogen and oxygen atoms in total. The second-order valence-corrected chi connectivity index (χ2v) is 8.00. The number of carbonyl (C=O) groups excluding carboxylic acids is 2. The maximum Gasteiger partial charge on any atom is 0.265 e. The smallest absolute Gasteiger partial charge is 0.265 e. The van der Waals surface area contributed by atoms with Gasteiger partial charge in [0.1, 0.15) is 12.2 Å². The third-order valence-corrected chi connectivity index (χ3v) is 5.36. The quantitative estimate of drug-likeness (QED) is 0.282. The van der Waals surface area contributed by atoms with Crippen LogP contribution in [0.4, 0.5) is 0 Å². The Labute approximate surface area is 193 Å². The van der Waals surface area contributed by atoms with Crippen molar-refractivity contribution in [3.63, 3.8) is 0 Å². The van der Waals surface area contributed by atoms with Gasteiger partial charge in [-0.15, -0.1) is 6.58 Å². The number of amides is 2. The Balaban J connectivity index is 1.83. The summed E-state index contributed by atoms with van der Waals surface area (Å²) in [5.74, 6) is 0.522. The number of ether oxygens (including phenoxy) is 2. The highest BCUT2D eigenvalue weighted by Gasteiger charge is 2.32. The van der Waals surface area contributed by atoms with Crippen molar-refractivity contribution in [3.05, 3.63) is 77.4 Å². The van der Waals surface area contributed by atoms with E-state index in [0.717, 1.165) is 5.56 Å². The Morgan fingerprint density at radius 1 is 1.12 bits per heavy atom. The fraction of sp³-hybridized carbons (Fsp3) is 0.240. The molecule has 0 aromatic heterocycles. The summed E-state index contributed by atoms with van der Waals surface area (Å²) in [6, 6.07) is 13.5. The minimum atomic E-state index is -0.538. The molecule has 2 aromatic rings. The van der Waals surface area contributed by atoms with Crippen molar-refractivity contribution in [1.29, 1.82) is 0 Å². The summed E-state index contributed by atoms with van der Waals surface area (Å²) >= 11 is 5.08. The molecule has 1 saturated heterocycles. The summed E-state index contributed by atoms with van der Waals surface area (Å²) < 4.78 is 11.4. The molecule has 0 saturated carbocycles. The average Bonchev–Trinajstić information content (AvgIpc) is 2.78. The standard InChI is InChI=1S/C25H26N2O4S/c1-5-12-27-24(29)20(23(28)26-25(27)32)13-18-8-11-21(30-4)22(14-18)31-15-17-6-9-19(10-7-17)16(2)3/h5-11,13-14,16H,1,12,15H2,2-4H3,(H,26,28,32). The second kappa shape index (κ2) is 10.2. The molecule has 2 amide bonds. The van der Waals surface area contributed by atoms with Gasteiger partial charge in [0.15, 0.2) is 16.6 Å². The normalized spacial score (nSPS) is 15.2. The number of methoxy groups -OCH3 is 1. The Kier molecular flexibility index (Phi) is 7.43. The number of nitrogens with zero attached hydrogens (tertiary/aromatic N) is 1. The second-order valence-electron chi connectivity index (χ2n) is 7.62. The average molecular weight is 451 g/mol. The van der Waals surface area contributed by atoms with E-state index in [1.54, 1.807) is 31.4 Å². The molecule has 0 aliphatic carbocycles. The summed E-state index contributed by atoms with van der Waals surface area (Å²) in [4.78, 5) is 26.4. The highest BCUT2D eigenvalue weighted by atomic mass is 32.1. The van der Waals surface area contributed by atoms with Crippen molar-refractivity contribution >= 4 is 35.2 Å². The van der Waals surface area contributed by atoms with Crippen molar-refractivity contribution in [2.24, 2.45) is 0 Å². The largest absolute Gasteiger partial charge is 0.493 e. The van der Waals surface area contributed by atoms with Crippen LogP contribution in [0.25, 0.3) is 6.08 Å². The lowest BCUT2D eigenvalue weighted by Crippen LogP contribution is -2.53. The third-order valence-electron chi connectivity index (χ3n) is 5.04. The number of rotatable bonds is 8. The third kappa shape index (κ3) is 5.23. The van der Waals surface area contributed by atoms with E-state index in [1.807, 2.05) is 12.1 Å². The number of nitrogens with one attached hydrogen (secondary N) is 1. The fourth-order valence-electron chi connectivity index (χ4n) is 3.21. The molecule has 0 spiro atoms. The Bertz CT molecular complexity index is 1070. The SMILES string of the molecule is C=CCN1C(=O)C(=Cc2ccc(OC)c(OCc3ccc(C(C)C)cc3)c2)C(=O)NC1=S. The van der Waals surface area contributed by atoms with E-state index < -0.39 is 11.8 Å². The molecule has 166 valence electrons. The van der Waals surface area contributed by atoms with Crippen LogP contribution < -0.4 is 14.8 Å². The van der Waals surface area contributed by atoms with Crippen LogP contribution >= 0.6 is 12.2 Å². The first-order valence-electron chi connectivity index (χ1n) is 10.2. The van der Waals surface area contributed by atoms with Crippen LogP contribution in [0.2, 0.25) is 0 Å². The lowest BCUT2D eigenvalue weighted by molar-refractivity contribution is -0.128. The number of hydrogen-bond acceptors (Lipinski definition) is 5. The van der Waals surface area contributed by atoms with Crippen LogP contribution in [0.1, 0.15) is 36.5 Å². The first-order chi connectivity index (χ1) is 15.3. The predicted molar refractivity (Wildman–Crippen MR) is 128 cm³/mol. The first kappa shape index (κ1) is 23.2. The molecule has 7 heteroatoms. The molecule has 32 heavy (non-hydrogen) atoms. The molecule has 0 unspecified atom stereocenters. The molecular formula is C25H26N2O4S. The van der Waals surface area contributed by atoms with Crippen molar-refractivity contribution in [2.75, 3.05) is 13.7 Å². The molecule has 1 aliphatic heterocycles. The van der Waals surface area contributed by atoms with Gasteiger partial charge in [-0.1, -0.05) is 50.3 Å². The van der Waals surface area contributed by atoms with Gasteiger partial charge in [0, 0.05) is 6.54 Å². The van der Waals surface area contributed by atoms with Gasteiger partial charge in [-0.25, -0.2) is 0 Å². The minimum absolute atomic E-state index is 0.0131. The summed E-state index contributed by atoms with van der Waals surface area (Å²) in [5, 5.41) is 2.61. The Hall–Kier alpha value is -3.45. The van der Waals surface area contributed by atoms with Gasteiger partial charge in [-0.05, 0) is 53.0 Å². The van der Waals surface area contributed by atoms with E-state index in [4.69, 9.17) is 21.7 Å². The van der Waals surface area contributed by atoms with Gasteiger partial charge in [0.25, 0.3) is 11.8 Å². The molecule has 1 heterocycles. The predicted octanol–water partition coefficient (Wildman–Crippen LogP) is 4.21. The number of benzene rings is 2. The van der Waals surface area contributed by atoms with Crippen LogP contribution in [-0.4, -0.2) is 35.5 Å². The maximum atomic E-state index is 12.7. The molecule has 0 radical (unpaired) electrons. The van der Waals surface area contributed by atoms with Crippen molar-refractivity contribution in [2.45, 2.75) is 26.4 Å². The minimum Gasteiger partial charge on any atom is -0.493 e. The van der Waals surface area contributed by atoms with Crippen molar-refractivity contribution in [1.82, 2.24) is 10.2 Å². The van der Waals surface area contributed by atoms with Crippen molar-refractivity contribution in [3.8, 4) is 11.5 Å². The van der Waals surface area contributed by atoms with Gasteiger partial charge in [0.05, 0.1) is 7.11 Å². The highest BCUT2D eigenvalue weighted by molar-refractivity contribution is 7.80. The number of hydrogen-bond donors (Lipinski definition) is 1.